The van der Waals surface area contributed by atoms with Crippen molar-refractivity contribution in [3.8, 4) is 29.0 Å². The van der Waals surface area contributed by atoms with Crippen LogP contribution in [0.25, 0.3) is 16.8 Å². The van der Waals surface area contributed by atoms with Crippen molar-refractivity contribution < 1.29 is 9.18 Å². The highest BCUT2D eigenvalue weighted by Crippen LogP contribution is 2.27. The molecule has 1 aromatic heterocycles. The minimum atomic E-state index is -0.381. The standard InChI is InChI=1S/C27H21FN6O/c28-19-11-13-20(14-12-19)34-26(31)24(17-30)25(33-34)10-5-15-32-27(35)23-9-4-3-8-22(23)21-7-2-1-6-18(21)16-29/h1-4,6-9,11-14H,5,10,15,31H2,(H,32,35). The molecular formula is C27H21FN6O. The molecule has 0 saturated heterocycles. The van der Waals surface area contributed by atoms with Gasteiger partial charge in [-0.15, -0.1) is 0 Å². The van der Waals surface area contributed by atoms with E-state index in [-0.39, 0.29) is 23.1 Å². The Morgan fingerprint density at radius 2 is 1.66 bits per heavy atom. The van der Waals surface area contributed by atoms with E-state index in [1.807, 2.05) is 24.3 Å². The van der Waals surface area contributed by atoms with Crippen LogP contribution >= 0.6 is 0 Å². The van der Waals surface area contributed by atoms with Gasteiger partial charge in [0.1, 0.15) is 23.3 Å². The lowest BCUT2D eigenvalue weighted by atomic mass is 9.95. The monoisotopic (exact) mass is 464 g/mol. The molecule has 1 heterocycles. The molecule has 0 fully saturated rings. The molecule has 8 heteroatoms. The van der Waals surface area contributed by atoms with Gasteiger partial charge in [-0.1, -0.05) is 36.4 Å². The van der Waals surface area contributed by atoms with Crippen molar-refractivity contribution in [2.75, 3.05) is 12.3 Å². The van der Waals surface area contributed by atoms with Crippen LogP contribution in [0.2, 0.25) is 0 Å². The average molecular weight is 465 g/mol. The predicted molar refractivity (Wildman–Crippen MR) is 130 cm³/mol. The van der Waals surface area contributed by atoms with Crippen LogP contribution in [-0.4, -0.2) is 22.2 Å². The van der Waals surface area contributed by atoms with Gasteiger partial charge in [0.15, 0.2) is 0 Å². The van der Waals surface area contributed by atoms with Gasteiger partial charge in [-0.25, -0.2) is 9.07 Å². The van der Waals surface area contributed by atoms with Crippen LogP contribution in [0.1, 0.15) is 33.6 Å². The number of nitrogens with two attached hydrogens (primary N) is 1. The number of nitriles is 2. The summed E-state index contributed by atoms with van der Waals surface area (Å²) in [5, 5.41) is 26.3. The SMILES string of the molecule is N#Cc1ccccc1-c1ccccc1C(=O)NCCCc1nn(-c2ccc(F)cc2)c(N)c1C#N. The summed E-state index contributed by atoms with van der Waals surface area (Å²) < 4.78 is 14.7. The second-order valence-corrected chi connectivity index (χ2v) is 7.77. The minimum Gasteiger partial charge on any atom is -0.382 e. The number of hydrogen-bond acceptors (Lipinski definition) is 5. The maximum absolute atomic E-state index is 13.2. The van der Waals surface area contributed by atoms with Crippen LogP contribution in [-0.2, 0) is 6.42 Å². The van der Waals surface area contributed by atoms with Gasteiger partial charge in [-0.3, -0.25) is 4.79 Å². The number of anilines is 1. The average Bonchev–Trinajstić information content (AvgIpc) is 3.21. The Morgan fingerprint density at radius 3 is 2.37 bits per heavy atom. The highest BCUT2D eigenvalue weighted by Gasteiger charge is 2.17. The van der Waals surface area contributed by atoms with E-state index in [9.17, 15) is 19.7 Å². The van der Waals surface area contributed by atoms with E-state index in [0.29, 0.717) is 53.0 Å². The van der Waals surface area contributed by atoms with Crippen molar-refractivity contribution in [1.29, 1.82) is 10.5 Å². The normalized spacial score (nSPS) is 10.4. The summed E-state index contributed by atoms with van der Waals surface area (Å²) in [4.78, 5) is 12.9. The molecule has 3 N–H and O–H groups in total. The van der Waals surface area contributed by atoms with Crippen LogP contribution in [0, 0.1) is 28.5 Å². The zero-order valence-electron chi connectivity index (χ0n) is 18.7. The van der Waals surface area contributed by atoms with Crippen LogP contribution in [0.3, 0.4) is 0 Å². The molecule has 35 heavy (non-hydrogen) atoms. The Bertz CT molecular complexity index is 1460. The number of benzene rings is 3. The third-order valence-corrected chi connectivity index (χ3v) is 5.56. The highest BCUT2D eigenvalue weighted by molar-refractivity contribution is 6.01. The van der Waals surface area contributed by atoms with Gasteiger partial charge in [-0.2, -0.15) is 15.6 Å². The van der Waals surface area contributed by atoms with Gasteiger partial charge < -0.3 is 11.1 Å². The van der Waals surface area contributed by atoms with E-state index in [2.05, 4.69) is 22.6 Å². The first-order valence-electron chi connectivity index (χ1n) is 10.9. The lowest BCUT2D eigenvalue weighted by Crippen LogP contribution is -2.25. The van der Waals surface area contributed by atoms with Crippen LogP contribution in [0.4, 0.5) is 10.2 Å². The van der Waals surface area contributed by atoms with Crippen LogP contribution in [0.5, 0.6) is 0 Å². The van der Waals surface area contributed by atoms with Crippen molar-refractivity contribution in [3.05, 3.63) is 101 Å². The number of halogens is 1. The van der Waals surface area contributed by atoms with Crippen molar-refractivity contribution >= 4 is 11.7 Å². The number of carbonyl (C=O) groups is 1. The van der Waals surface area contributed by atoms with E-state index >= 15 is 0 Å². The maximum Gasteiger partial charge on any atom is 0.251 e. The molecule has 4 aromatic rings. The van der Waals surface area contributed by atoms with Gasteiger partial charge in [0.2, 0.25) is 0 Å². The Labute approximate surface area is 201 Å². The summed E-state index contributed by atoms with van der Waals surface area (Å²) >= 11 is 0. The Hall–Kier alpha value is -4.95. The summed E-state index contributed by atoms with van der Waals surface area (Å²) in [6.07, 6.45) is 0.942. The zero-order chi connectivity index (χ0) is 24.8. The number of amides is 1. The number of aryl methyl sites for hydroxylation is 1. The Morgan fingerprint density at radius 1 is 0.971 bits per heavy atom. The van der Waals surface area contributed by atoms with E-state index in [1.165, 1.54) is 28.9 Å². The summed E-state index contributed by atoms with van der Waals surface area (Å²) in [6, 6.07) is 24.2. The molecule has 3 aromatic carbocycles. The largest absolute Gasteiger partial charge is 0.382 e. The van der Waals surface area contributed by atoms with Gasteiger partial charge in [0, 0.05) is 17.7 Å². The van der Waals surface area contributed by atoms with Crippen LogP contribution < -0.4 is 11.1 Å². The molecule has 0 radical (unpaired) electrons. The molecule has 0 saturated carbocycles. The molecule has 0 atom stereocenters. The summed E-state index contributed by atoms with van der Waals surface area (Å²) in [6.45, 7) is 0.348. The number of rotatable bonds is 7. The molecule has 1 amide bonds. The molecule has 0 bridgehead atoms. The van der Waals surface area contributed by atoms with Gasteiger partial charge in [-0.05, 0) is 54.8 Å². The predicted octanol–water partition coefficient (Wildman–Crippen LogP) is 4.37. The fourth-order valence-corrected chi connectivity index (χ4v) is 3.84. The molecule has 0 aliphatic rings. The molecule has 0 unspecified atom stereocenters. The van der Waals surface area contributed by atoms with Crippen molar-refractivity contribution in [1.82, 2.24) is 15.1 Å². The quantitative estimate of drug-likeness (QED) is 0.394. The molecule has 7 nitrogen and oxygen atoms in total. The topological polar surface area (TPSA) is 121 Å². The van der Waals surface area contributed by atoms with Crippen molar-refractivity contribution in [2.45, 2.75) is 12.8 Å². The second-order valence-electron chi connectivity index (χ2n) is 7.77. The first kappa shape index (κ1) is 23.2. The van der Waals surface area contributed by atoms with Crippen molar-refractivity contribution in [3.63, 3.8) is 0 Å². The number of carbonyl (C=O) groups excluding carboxylic acids is 1. The molecule has 0 spiro atoms. The van der Waals surface area contributed by atoms with Gasteiger partial charge >= 0.3 is 0 Å². The van der Waals surface area contributed by atoms with E-state index in [0.717, 1.165) is 0 Å². The number of nitrogens with one attached hydrogen (secondary N) is 1. The summed E-state index contributed by atoms with van der Waals surface area (Å²) in [5.74, 6) is -0.456. The molecule has 4 rings (SSSR count). The van der Waals surface area contributed by atoms with E-state index in [1.54, 1.807) is 24.3 Å². The molecule has 0 aliphatic carbocycles. The van der Waals surface area contributed by atoms with E-state index in [4.69, 9.17) is 5.73 Å². The first-order valence-corrected chi connectivity index (χ1v) is 10.9. The third-order valence-electron chi connectivity index (χ3n) is 5.56. The number of aromatic nitrogens is 2. The van der Waals surface area contributed by atoms with Crippen LogP contribution in [0.15, 0.2) is 72.8 Å². The number of nitrogen functional groups attached to an aromatic ring is 1. The zero-order valence-corrected chi connectivity index (χ0v) is 18.7. The maximum atomic E-state index is 13.2. The lowest BCUT2D eigenvalue weighted by Gasteiger charge is -2.11. The fourth-order valence-electron chi connectivity index (χ4n) is 3.84. The summed E-state index contributed by atoms with van der Waals surface area (Å²) in [7, 11) is 0. The first-order chi connectivity index (χ1) is 17.0. The number of nitrogens with zero attached hydrogens (tertiary/aromatic N) is 4. The second kappa shape index (κ2) is 10.3. The van der Waals surface area contributed by atoms with E-state index < -0.39 is 0 Å². The van der Waals surface area contributed by atoms with Crippen molar-refractivity contribution in [2.24, 2.45) is 0 Å². The highest BCUT2D eigenvalue weighted by atomic mass is 19.1. The molecule has 172 valence electrons. The Balaban J connectivity index is 1.45. The van der Waals surface area contributed by atoms with Gasteiger partial charge in [0.05, 0.1) is 23.0 Å². The third kappa shape index (κ3) is 4.87. The smallest absolute Gasteiger partial charge is 0.251 e. The fraction of sp³-hybridized carbons (Fsp3) is 0.111. The molecule has 0 aliphatic heterocycles. The van der Waals surface area contributed by atoms with Gasteiger partial charge in [0.25, 0.3) is 5.91 Å². The lowest BCUT2D eigenvalue weighted by molar-refractivity contribution is 0.0954. The summed E-state index contributed by atoms with van der Waals surface area (Å²) in [5.41, 5.74) is 9.76. The number of hydrogen-bond donors (Lipinski definition) is 2. The minimum absolute atomic E-state index is 0.184. The molecular weight excluding hydrogens is 443 g/mol. The Kier molecular flexibility index (Phi) is 6.85.